The molecule has 0 radical (unpaired) electrons. The number of rotatable bonds is 5. The van der Waals surface area contributed by atoms with Gasteiger partial charge in [0.15, 0.2) is 0 Å². The minimum absolute atomic E-state index is 0.186. The fourth-order valence-corrected chi connectivity index (χ4v) is 4.06. The Labute approximate surface area is 161 Å². The van der Waals surface area contributed by atoms with Crippen molar-refractivity contribution < 1.29 is 4.79 Å². The maximum Gasteiger partial charge on any atom is 0.227 e. The molecule has 2 aromatic rings. The Balaban J connectivity index is 1.26. The monoisotopic (exact) mass is 364 g/mol. The molecule has 2 aliphatic rings. The first-order valence-corrected chi connectivity index (χ1v) is 10.1. The van der Waals surface area contributed by atoms with Crippen LogP contribution in [0, 0.1) is 5.92 Å². The Morgan fingerprint density at radius 2 is 1.74 bits per heavy atom. The highest BCUT2D eigenvalue weighted by Crippen LogP contribution is 2.26. The molecule has 2 heterocycles. The van der Waals surface area contributed by atoms with E-state index >= 15 is 0 Å². The molecule has 1 aromatic heterocycles. The Kier molecular flexibility index (Phi) is 5.68. The Bertz CT molecular complexity index is 733. The largest absolute Gasteiger partial charge is 0.354 e. The van der Waals surface area contributed by atoms with Crippen molar-refractivity contribution in [1.29, 1.82) is 0 Å². The van der Waals surface area contributed by atoms with Gasteiger partial charge in [-0.15, -0.1) is 0 Å². The van der Waals surface area contributed by atoms with Gasteiger partial charge in [0.25, 0.3) is 0 Å². The summed E-state index contributed by atoms with van der Waals surface area (Å²) in [4.78, 5) is 21.5. The van der Waals surface area contributed by atoms with E-state index in [4.69, 9.17) is 0 Å². The van der Waals surface area contributed by atoms with Crippen LogP contribution < -0.4 is 10.2 Å². The lowest BCUT2D eigenvalue weighted by atomic mass is 10.1. The van der Waals surface area contributed by atoms with Gasteiger partial charge in [0.05, 0.1) is 0 Å². The van der Waals surface area contributed by atoms with E-state index in [1.165, 1.54) is 18.4 Å². The molecule has 0 bridgehead atoms. The highest BCUT2D eigenvalue weighted by Gasteiger charge is 2.22. The maximum atomic E-state index is 12.2. The summed E-state index contributed by atoms with van der Waals surface area (Å²) in [6, 6.07) is 14.4. The van der Waals surface area contributed by atoms with Crippen molar-refractivity contribution >= 4 is 17.4 Å². The molecule has 4 rings (SSSR count). The predicted octanol–water partition coefficient (Wildman–Crippen LogP) is 3.53. The highest BCUT2D eigenvalue weighted by molar-refractivity contribution is 5.92. The van der Waals surface area contributed by atoms with Crippen molar-refractivity contribution in [1.82, 2.24) is 9.88 Å². The number of hydrogen-bond donors (Lipinski definition) is 1. The number of carbonyl (C=O) groups excluding carboxylic acids is 1. The molecule has 1 aliphatic heterocycles. The molecule has 0 unspecified atom stereocenters. The number of aromatic nitrogens is 1. The lowest BCUT2D eigenvalue weighted by molar-refractivity contribution is -0.119. The molecule has 0 spiro atoms. The van der Waals surface area contributed by atoms with Crippen molar-refractivity contribution in [3.63, 3.8) is 0 Å². The lowest BCUT2D eigenvalue weighted by Gasteiger charge is -2.35. The quantitative estimate of drug-likeness (QED) is 0.882. The first kappa shape index (κ1) is 18.0. The number of carbonyl (C=O) groups is 1. The van der Waals surface area contributed by atoms with E-state index in [0.29, 0.717) is 0 Å². The number of piperazine rings is 1. The summed E-state index contributed by atoms with van der Waals surface area (Å²) in [6.07, 6.45) is 6.30. The van der Waals surface area contributed by atoms with Crippen LogP contribution in [0.25, 0.3) is 0 Å². The summed E-state index contributed by atoms with van der Waals surface area (Å²) in [5.74, 6) is 1.46. The Morgan fingerprint density at radius 3 is 2.41 bits per heavy atom. The van der Waals surface area contributed by atoms with Crippen LogP contribution >= 0.6 is 0 Å². The Morgan fingerprint density at radius 1 is 1.00 bits per heavy atom. The van der Waals surface area contributed by atoms with E-state index in [2.05, 4.69) is 38.3 Å². The van der Waals surface area contributed by atoms with Crippen molar-refractivity contribution in [2.24, 2.45) is 5.92 Å². The number of anilines is 2. The van der Waals surface area contributed by atoms with Gasteiger partial charge in [-0.05, 0) is 42.7 Å². The van der Waals surface area contributed by atoms with E-state index in [1.807, 2.05) is 30.5 Å². The fourth-order valence-electron chi connectivity index (χ4n) is 4.06. The van der Waals surface area contributed by atoms with Gasteiger partial charge in [0, 0.05) is 50.5 Å². The number of hydrogen-bond acceptors (Lipinski definition) is 4. The first-order chi connectivity index (χ1) is 13.3. The highest BCUT2D eigenvalue weighted by atomic mass is 16.1. The van der Waals surface area contributed by atoms with Crippen molar-refractivity contribution in [3.05, 3.63) is 54.2 Å². The normalized spacial score (nSPS) is 18.6. The summed E-state index contributed by atoms with van der Waals surface area (Å²) in [6.45, 7) is 5.04. The molecule has 1 saturated heterocycles. The second-order valence-electron chi connectivity index (χ2n) is 7.62. The minimum atomic E-state index is 0.186. The van der Waals surface area contributed by atoms with Gasteiger partial charge in [-0.2, -0.15) is 0 Å². The van der Waals surface area contributed by atoms with Gasteiger partial charge in [-0.25, -0.2) is 4.98 Å². The summed E-state index contributed by atoms with van der Waals surface area (Å²) in [5.41, 5.74) is 2.20. The number of nitrogens with one attached hydrogen (secondary N) is 1. The average molecular weight is 364 g/mol. The van der Waals surface area contributed by atoms with E-state index in [1.54, 1.807) is 0 Å². The zero-order valence-electron chi connectivity index (χ0n) is 15.8. The number of amides is 1. The third-order valence-electron chi connectivity index (χ3n) is 5.70. The third-order valence-corrected chi connectivity index (χ3v) is 5.70. The van der Waals surface area contributed by atoms with E-state index in [0.717, 1.165) is 57.1 Å². The van der Waals surface area contributed by atoms with Gasteiger partial charge in [-0.3, -0.25) is 9.69 Å². The summed E-state index contributed by atoms with van der Waals surface area (Å²) >= 11 is 0. The molecule has 0 atom stereocenters. The van der Waals surface area contributed by atoms with E-state index in [9.17, 15) is 4.79 Å². The molecule has 5 nitrogen and oxygen atoms in total. The standard InChI is InChI=1S/C22H28N4O/c27-22(19-5-1-2-6-19)24-20-10-8-18(9-11-20)17-25-13-15-26(16-14-25)21-7-3-4-12-23-21/h3-4,7-12,19H,1-2,5-6,13-17H2,(H,24,27). The average Bonchev–Trinajstić information content (AvgIpc) is 3.26. The summed E-state index contributed by atoms with van der Waals surface area (Å²) in [5, 5.41) is 3.07. The summed E-state index contributed by atoms with van der Waals surface area (Å²) in [7, 11) is 0. The SMILES string of the molecule is O=C(Nc1ccc(CN2CCN(c3ccccn3)CC2)cc1)C1CCCC1. The zero-order chi connectivity index (χ0) is 18.5. The van der Waals surface area contributed by atoms with Crippen LogP contribution in [0.2, 0.25) is 0 Å². The molecular formula is C22H28N4O. The number of benzene rings is 1. The smallest absolute Gasteiger partial charge is 0.227 e. The Hall–Kier alpha value is -2.40. The predicted molar refractivity (Wildman–Crippen MR) is 109 cm³/mol. The van der Waals surface area contributed by atoms with Gasteiger partial charge >= 0.3 is 0 Å². The molecule has 1 aliphatic carbocycles. The van der Waals surface area contributed by atoms with Crippen LogP contribution in [0.15, 0.2) is 48.7 Å². The number of pyridine rings is 1. The van der Waals surface area contributed by atoms with Crippen LogP contribution in [0.1, 0.15) is 31.2 Å². The van der Waals surface area contributed by atoms with Crippen LogP contribution in [0.5, 0.6) is 0 Å². The molecule has 2 fully saturated rings. The van der Waals surface area contributed by atoms with Crippen molar-refractivity contribution in [3.8, 4) is 0 Å². The molecule has 1 saturated carbocycles. The molecule has 1 N–H and O–H groups in total. The van der Waals surface area contributed by atoms with Crippen LogP contribution in [-0.2, 0) is 11.3 Å². The van der Waals surface area contributed by atoms with Gasteiger partial charge in [0.2, 0.25) is 5.91 Å². The van der Waals surface area contributed by atoms with Crippen molar-refractivity contribution in [2.45, 2.75) is 32.2 Å². The second kappa shape index (κ2) is 8.53. The summed E-state index contributed by atoms with van der Waals surface area (Å²) < 4.78 is 0. The van der Waals surface area contributed by atoms with Gasteiger partial charge < -0.3 is 10.2 Å². The number of nitrogens with zero attached hydrogens (tertiary/aromatic N) is 3. The van der Waals surface area contributed by atoms with Crippen LogP contribution in [0.3, 0.4) is 0 Å². The van der Waals surface area contributed by atoms with E-state index in [-0.39, 0.29) is 11.8 Å². The fraction of sp³-hybridized carbons (Fsp3) is 0.455. The topological polar surface area (TPSA) is 48.5 Å². The molecule has 5 heteroatoms. The van der Waals surface area contributed by atoms with Crippen LogP contribution in [-0.4, -0.2) is 42.0 Å². The maximum absolute atomic E-state index is 12.2. The second-order valence-corrected chi connectivity index (χ2v) is 7.62. The molecule has 1 aromatic carbocycles. The molecule has 142 valence electrons. The van der Waals surface area contributed by atoms with Gasteiger partial charge in [0.1, 0.15) is 5.82 Å². The molecule has 27 heavy (non-hydrogen) atoms. The molecular weight excluding hydrogens is 336 g/mol. The van der Waals surface area contributed by atoms with Gasteiger partial charge in [-0.1, -0.05) is 31.0 Å². The lowest BCUT2D eigenvalue weighted by Crippen LogP contribution is -2.46. The van der Waals surface area contributed by atoms with Crippen LogP contribution in [0.4, 0.5) is 11.5 Å². The first-order valence-electron chi connectivity index (χ1n) is 10.1. The zero-order valence-corrected chi connectivity index (χ0v) is 15.8. The van der Waals surface area contributed by atoms with Crippen molar-refractivity contribution in [2.75, 3.05) is 36.4 Å². The minimum Gasteiger partial charge on any atom is -0.354 e. The van der Waals surface area contributed by atoms with E-state index < -0.39 is 0 Å². The third kappa shape index (κ3) is 4.66. The molecule has 1 amide bonds.